The van der Waals surface area contributed by atoms with Gasteiger partial charge in [-0.15, -0.1) is 0 Å². The molecule has 0 aliphatic rings. The number of carboxylic acid groups (broad SMARTS) is 1. The topological polar surface area (TPSA) is 46.5 Å². The van der Waals surface area contributed by atoms with Crippen LogP contribution in [0.1, 0.15) is 44.2 Å². The number of hydrogen-bond donors (Lipinski definition) is 1. The first-order valence-electron chi connectivity index (χ1n) is 6.76. The molecule has 0 amide bonds. The number of carbonyl (C=O) groups is 1. The van der Waals surface area contributed by atoms with Gasteiger partial charge in [0.25, 0.3) is 0 Å². The van der Waals surface area contributed by atoms with Crippen molar-refractivity contribution >= 4 is 5.97 Å². The van der Waals surface area contributed by atoms with Crippen molar-refractivity contribution in [2.75, 3.05) is 6.61 Å². The highest BCUT2D eigenvalue weighted by Crippen LogP contribution is 2.24. The standard InChI is InChI=1S/C16H24O3/c1-12-7-8-13(2)14(11-12)19-10-6-5-9-16(3,4)15(17)18/h7-8,11H,5-6,9-10H2,1-4H3,(H,17,18). The quantitative estimate of drug-likeness (QED) is 0.758. The molecule has 3 heteroatoms. The second kappa shape index (κ2) is 6.60. The van der Waals surface area contributed by atoms with Gasteiger partial charge >= 0.3 is 5.97 Å². The number of aliphatic carboxylic acids is 1. The maximum atomic E-state index is 11.0. The smallest absolute Gasteiger partial charge is 0.309 e. The molecular formula is C16H24O3. The molecular weight excluding hydrogens is 240 g/mol. The van der Waals surface area contributed by atoms with Gasteiger partial charge in [-0.1, -0.05) is 12.1 Å². The minimum atomic E-state index is -0.733. The predicted molar refractivity (Wildman–Crippen MR) is 76.7 cm³/mol. The molecule has 1 N–H and O–H groups in total. The van der Waals surface area contributed by atoms with Crippen LogP contribution in [-0.4, -0.2) is 17.7 Å². The Bertz CT molecular complexity index is 436. The van der Waals surface area contributed by atoms with Crippen molar-refractivity contribution in [3.05, 3.63) is 29.3 Å². The largest absolute Gasteiger partial charge is 0.493 e. The lowest BCUT2D eigenvalue weighted by Gasteiger charge is -2.18. The van der Waals surface area contributed by atoms with Crippen molar-refractivity contribution < 1.29 is 14.6 Å². The van der Waals surface area contributed by atoms with Gasteiger partial charge in [-0.05, 0) is 64.2 Å². The number of ether oxygens (including phenoxy) is 1. The first kappa shape index (κ1) is 15.5. The summed E-state index contributed by atoms with van der Waals surface area (Å²) in [6, 6.07) is 6.16. The van der Waals surface area contributed by atoms with E-state index < -0.39 is 11.4 Å². The van der Waals surface area contributed by atoms with Gasteiger partial charge in [-0.2, -0.15) is 0 Å². The molecule has 3 nitrogen and oxygen atoms in total. The average molecular weight is 264 g/mol. The van der Waals surface area contributed by atoms with Gasteiger partial charge in [0.1, 0.15) is 5.75 Å². The van der Waals surface area contributed by atoms with Gasteiger partial charge in [0.15, 0.2) is 0 Å². The van der Waals surface area contributed by atoms with Crippen LogP contribution in [0.3, 0.4) is 0 Å². The third kappa shape index (κ3) is 4.93. The number of benzene rings is 1. The summed E-state index contributed by atoms with van der Waals surface area (Å²) < 4.78 is 5.75. The molecule has 0 spiro atoms. The Balaban J connectivity index is 2.32. The van der Waals surface area contributed by atoms with E-state index in [0.29, 0.717) is 13.0 Å². The van der Waals surface area contributed by atoms with E-state index in [1.807, 2.05) is 19.9 Å². The van der Waals surface area contributed by atoms with Crippen LogP contribution in [0, 0.1) is 19.3 Å². The Kier molecular flexibility index (Phi) is 5.40. The van der Waals surface area contributed by atoms with Gasteiger partial charge in [0.2, 0.25) is 0 Å². The Morgan fingerprint density at radius 2 is 1.95 bits per heavy atom. The van der Waals surface area contributed by atoms with Crippen molar-refractivity contribution in [1.29, 1.82) is 0 Å². The van der Waals surface area contributed by atoms with Crippen molar-refractivity contribution in [3.8, 4) is 5.75 Å². The summed E-state index contributed by atoms with van der Waals surface area (Å²) in [5, 5.41) is 9.01. The van der Waals surface area contributed by atoms with Crippen LogP contribution in [0.15, 0.2) is 18.2 Å². The fourth-order valence-electron chi connectivity index (χ4n) is 1.82. The Labute approximate surface area is 115 Å². The number of rotatable bonds is 7. The highest BCUT2D eigenvalue weighted by molar-refractivity contribution is 5.73. The minimum absolute atomic E-state index is 0.639. The van der Waals surface area contributed by atoms with Gasteiger partial charge in [0, 0.05) is 0 Å². The molecule has 1 aromatic carbocycles. The Hall–Kier alpha value is -1.51. The van der Waals surface area contributed by atoms with Gasteiger partial charge < -0.3 is 9.84 Å². The Morgan fingerprint density at radius 1 is 1.26 bits per heavy atom. The maximum absolute atomic E-state index is 11.0. The summed E-state index contributed by atoms with van der Waals surface area (Å²) in [7, 11) is 0. The fourth-order valence-corrected chi connectivity index (χ4v) is 1.82. The zero-order chi connectivity index (χ0) is 14.5. The van der Waals surface area contributed by atoms with Crippen LogP contribution >= 0.6 is 0 Å². The highest BCUT2D eigenvalue weighted by atomic mass is 16.5. The summed E-state index contributed by atoms with van der Waals surface area (Å²) >= 11 is 0. The normalized spacial score (nSPS) is 11.4. The number of carboxylic acids is 1. The van der Waals surface area contributed by atoms with Crippen molar-refractivity contribution in [1.82, 2.24) is 0 Å². The summed E-state index contributed by atoms with van der Waals surface area (Å²) in [5.74, 6) is 0.195. The van der Waals surface area contributed by atoms with Gasteiger partial charge in [-0.25, -0.2) is 0 Å². The maximum Gasteiger partial charge on any atom is 0.309 e. The summed E-state index contributed by atoms with van der Waals surface area (Å²) in [6.45, 7) is 8.24. The molecule has 0 heterocycles. The average Bonchev–Trinajstić information content (AvgIpc) is 2.32. The molecule has 0 fully saturated rings. The van der Waals surface area contributed by atoms with Crippen LogP contribution in [-0.2, 0) is 4.79 Å². The van der Waals surface area contributed by atoms with E-state index in [1.165, 1.54) is 5.56 Å². The van der Waals surface area contributed by atoms with Gasteiger partial charge in [-0.3, -0.25) is 4.79 Å². The second-order valence-corrected chi connectivity index (χ2v) is 5.76. The van der Waals surface area contributed by atoms with E-state index in [-0.39, 0.29) is 0 Å². The molecule has 1 rings (SSSR count). The third-order valence-corrected chi connectivity index (χ3v) is 3.38. The van der Waals surface area contributed by atoms with E-state index in [4.69, 9.17) is 9.84 Å². The molecule has 106 valence electrons. The van der Waals surface area contributed by atoms with Crippen molar-refractivity contribution in [2.45, 2.75) is 47.0 Å². The molecule has 0 aliphatic carbocycles. The lowest BCUT2D eigenvalue weighted by molar-refractivity contribution is -0.147. The Morgan fingerprint density at radius 3 is 2.58 bits per heavy atom. The van der Waals surface area contributed by atoms with E-state index in [0.717, 1.165) is 24.2 Å². The molecule has 1 aromatic rings. The van der Waals surface area contributed by atoms with E-state index >= 15 is 0 Å². The van der Waals surface area contributed by atoms with Crippen molar-refractivity contribution in [2.24, 2.45) is 5.41 Å². The molecule has 0 saturated carbocycles. The van der Waals surface area contributed by atoms with E-state index in [9.17, 15) is 4.79 Å². The lowest BCUT2D eigenvalue weighted by atomic mass is 9.87. The summed E-state index contributed by atoms with van der Waals surface area (Å²) in [5.41, 5.74) is 1.68. The SMILES string of the molecule is Cc1ccc(C)c(OCCCCC(C)(C)C(=O)O)c1. The molecule has 0 unspecified atom stereocenters. The highest BCUT2D eigenvalue weighted by Gasteiger charge is 2.25. The van der Waals surface area contributed by atoms with Crippen LogP contribution in [0.5, 0.6) is 5.75 Å². The second-order valence-electron chi connectivity index (χ2n) is 5.76. The predicted octanol–water partition coefficient (Wildman–Crippen LogP) is 3.96. The zero-order valence-corrected chi connectivity index (χ0v) is 12.3. The fraction of sp³-hybridized carbons (Fsp3) is 0.562. The van der Waals surface area contributed by atoms with Crippen LogP contribution in [0.4, 0.5) is 0 Å². The first-order valence-corrected chi connectivity index (χ1v) is 6.76. The molecule has 0 atom stereocenters. The zero-order valence-electron chi connectivity index (χ0n) is 12.3. The molecule has 0 aromatic heterocycles. The number of hydrogen-bond acceptors (Lipinski definition) is 2. The lowest BCUT2D eigenvalue weighted by Crippen LogP contribution is -2.23. The number of aryl methyl sites for hydroxylation is 2. The van der Waals surface area contributed by atoms with E-state index in [1.54, 1.807) is 13.8 Å². The molecule has 0 aliphatic heterocycles. The molecule has 0 bridgehead atoms. The van der Waals surface area contributed by atoms with Crippen LogP contribution in [0.25, 0.3) is 0 Å². The molecule has 0 saturated heterocycles. The summed E-state index contributed by atoms with van der Waals surface area (Å²) in [4.78, 5) is 11.0. The van der Waals surface area contributed by atoms with Crippen LogP contribution in [0.2, 0.25) is 0 Å². The monoisotopic (exact) mass is 264 g/mol. The van der Waals surface area contributed by atoms with E-state index in [2.05, 4.69) is 12.1 Å². The first-order chi connectivity index (χ1) is 8.83. The van der Waals surface area contributed by atoms with Crippen molar-refractivity contribution in [3.63, 3.8) is 0 Å². The molecule has 19 heavy (non-hydrogen) atoms. The third-order valence-electron chi connectivity index (χ3n) is 3.38. The minimum Gasteiger partial charge on any atom is -0.493 e. The molecule has 0 radical (unpaired) electrons. The summed E-state index contributed by atoms with van der Waals surface area (Å²) in [6.07, 6.45) is 2.42. The number of unbranched alkanes of at least 4 members (excludes halogenated alkanes) is 1. The van der Waals surface area contributed by atoms with Gasteiger partial charge in [0.05, 0.1) is 12.0 Å². The van der Waals surface area contributed by atoms with Crippen LogP contribution < -0.4 is 4.74 Å².